The lowest BCUT2D eigenvalue weighted by Gasteiger charge is -2.43. The highest BCUT2D eigenvalue weighted by atomic mass is 16.4. The van der Waals surface area contributed by atoms with Crippen LogP contribution in [0.3, 0.4) is 0 Å². The summed E-state index contributed by atoms with van der Waals surface area (Å²) in [5.74, 6) is 0.0480. The van der Waals surface area contributed by atoms with E-state index < -0.39 is 5.97 Å². The Bertz CT molecular complexity index is 680. The number of carboxylic acids is 1. The van der Waals surface area contributed by atoms with Gasteiger partial charge in [-0.05, 0) is 62.0 Å². The second-order valence-corrected chi connectivity index (χ2v) is 8.24. The van der Waals surface area contributed by atoms with E-state index in [1.165, 1.54) is 24.0 Å². The second-order valence-electron chi connectivity index (χ2n) is 8.24. The number of aryl methyl sites for hydroxylation is 1. The molecule has 0 saturated heterocycles. The van der Waals surface area contributed by atoms with E-state index >= 15 is 0 Å². The van der Waals surface area contributed by atoms with Gasteiger partial charge in [0.2, 0.25) is 5.91 Å². The lowest BCUT2D eigenvalue weighted by Crippen LogP contribution is -2.56. The SMILES string of the molecule is O=C(O)CN(CC1CC1)C1CC(NC(=O)C2CCCc3ccccc32)C1. The lowest BCUT2D eigenvalue weighted by molar-refractivity contribution is -0.140. The molecule has 26 heavy (non-hydrogen) atoms. The zero-order chi connectivity index (χ0) is 18.1. The van der Waals surface area contributed by atoms with Crippen molar-refractivity contribution in [3.8, 4) is 0 Å². The van der Waals surface area contributed by atoms with Crippen molar-refractivity contribution in [1.29, 1.82) is 0 Å². The summed E-state index contributed by atoms with van der Waals surface area (Å²) in [4.78, 5) is 26.0. The van der Waals surface area contributed by atoms with Crippen LogP contribution in [-0.4, -0.2) is 47.1 Å². The van der Waals surface area contributed by atoms with Crippen molar-refractivity contribution in [2.75, 3.05) is 13.1 Å². The predicted molar refractivity (Wildman–Crippen MR) is 99.0 cm³/mol. The summed E-state index contributed by atoms with van der Waals surface area (Å²) in [7, 11) is 0. The maximum Gasteiger partial charge on any atom is 0.317 e. The number of amides is 1. The van der Waals surface area contributed by atoms with Gasteiger partial charge < -0.3 is 10.4 Å². The minimum absolute atomic E-state index is 0.0272. The highest BCUT2D eigenvalue weighted by Gasteiger charge is 2.38. The molecule has 2 saturated carbocycles. The summed E-state index contributed by atoms with van der Waals surface area (Å²) in [6.45, 7) is 1.02. The Labute approximate surface area is 154 Å². The molecule has 1 amide bonds. The van der Waals surface area contributed by atoms with Crippen LogP contribution in [0.2, 0.25) is 0 Å². The van der Waals surface area contributed by atoms with E-state index in [2.05, 4.69) is 22.3 Å². The number of hydrogen-bond donors (Lipinski definition) is 2. The van der Waals surface area contributed by atoms with Crippen LogP contribution in [0.4, 0.5) is 0 Å². The van der Waals surface area contributed by atoms with Gasteiger partial charge in [0.25, 0.3) is 0 Å². The van der Waals surface area contributed by atoms with Gasteiger partial charge in [0.05, 0.1) is 12.5 Å². The van der Waals surface area contributed by atoms with E-state index in [0.29, 0.717) is 12.0 Å². The molecule has 0 bridgehead atoms. The fourth-order valence-corrected chi connectivity index (χ4v) is 4.48. The average Bonchev–Trinajstić information content (AvgIpc) is 3.40. The van der Waals surface area contributed by atoms with Gasteiger partial charge in [0, 0.05) is 18.6 Å². The first-order valence-electron chi connectivity index (χ1n) is 9.94. The quantitative estimate of drug-likeness (QED) is 0.788. The number of carboxylic acid groups (broad SMARTS) is 1. The van der Waals surface area contributed by atoms with Crippen molar-refractivity contribution >= 4 is 11.9 Å². The molecule has 1 atom stereocenters. The van der Waals surface area contributed by atoms with Crippen LogP contribution in [0.1, 0.15) is 55.6 Å². The molecule has 4 rings (SSSR count). The minimum atomic E-state index is -0.753. The Morgan fingerprint density at radius 1 is 1.15 bits per heavy atom. The monoisotopic (exact) mass is 356 g/mol. The van der Waals surface area contributed by atoms with Crippen molar-refractivity contribution in [1.82, 2.24) is 10.2 Å². The number of fused-ring (bicyclic) bond motifs is 1. The first-order chi connectivity index (χ1) is 12.6. The van der Waals surface area contributed by atoms with Gasteiger partial charge in [-0.2, -0.15) is 0 Å². The Kier molecular flexibility index (Phi) is 4.98. The third-order valence-corrected chi connectivity index (χ3v) is 6.19. The van der Waals surface area contributed by atoms with Gasteiger partial charge in [-0.25, -0.2) is 0 Å². The molecule has 1 aromatic rings. The largest absolute Gasteiger partial charge is 0.480 e. The molecule has 5 heteroatoms. The number of carbonyl (C=O) groups excluding carboxylic acids is 1. The van der Waals surface area contributed by atoms with E-state index in [1.54, 1.807) is 0 Å². The van der Waals surface area contributed by atoms with Crippen LogP contribution in [0.15, 0.2) is 24.3 Å². The van der Waals surface area contributed by atoms with E-state index in [-0.39, 0.29) is 24.4 Å². The molecule has 5 nitrogen and oxygen atoms in total. The second kappa shape index (κ2) is 7.39. The fourth-order valence-electron chi connectivity index (χ4n) is 4.48. The Balaban J connectivity index is 1.31. The van der Waals surface area contributed by atoms with Crippen molar-refractivity contribution in [2.45, 2.75) is 62.9 Å². The van der Waals surface area contributed by atoms with Gasteiger partial charge in [-0.1, -0.05) is 24.3 Å². The number of nitrogens with one attached hydrogen (secondary N) is 1. The summed E-state index contributed by atoms with van der Waals surface area (Å²) >= 11 is 0. The van der Waals surface area contributed by atoms with E-state index in [9.17, 15) is 9.59 Å². The van der Waals surface area contributed by atoms with Crippen LogP contribution < -0.4 is 5.32 Å². The molecule has 140 valence electrons. The molecular weight excluding hydrogens is 328 g/mol. The van der Waals surface area contributed by atoms with E-state index in [4.69, 9.17) is 5.11 Å². The summed E-state index contributed by atoms with van der Waals surface area (Å²) in [5, 5.41) is 12.4. The summed E-state index contributed by atoms with van der Waals surface area (Å²) in [6.07, 6.45) is 7.26. The van der Waals surface area contributed by atoms with Crippen molar-refractivity contribution in [3.63, 3.8) is 0 Å². The van der Waals surface area contributed by atoms with Crippen LogP contribution in [0.25, 0.3) is 0 Å². The standard InChI is InChI=1S/C21H28N2O3/c24-20(25)13-23(12-14-8-9-14)17-10-16(11-17)22-21(26)19-7-3-5-15-4-1-2-6-18(15)19/h1-2,4,6,14,16-17,19H,3,5,7-13H2,(H,22,26)(H,24,25). The minimum Gasteiger partial charge on any atom is -0.480 e. The number of benzene rings is 1. The molecule has 0 aromatic heterocycles. The van der Waals surface area contributed by atoms with Crippen molar-refractivity contribution < 1.29 is 14.7 Å². The lowest BCUT2D eigenvalue weighted by atomic mass is 9.80. The van der Waals surface area contributed by atoms with Crippen LogP contribution >= 0.6 is 0 Å². The molecule has 0 heterocycles. The molecule has 2 N–H and O–H groups in total. The topological polar surface area (TPSA) is 69.6 Å². The summed E-state index contributed by atoms with van der Waals surface area (Å²) < 4.78 is 0. The van der Waals surface area contributed by atoms with Crippen molar-refractivity contribution in [3.05, 3.63) is 35.4 Å². The third kappa shape index (κ3) is 3.93. The number of carbonyl (C=O) groups is 2. The zero-order valence-electron chi connectivity index (χ0n) is 15.2. The van der Waals surface area contributed by atoms with Crippen LogP contribution in [0, 0.1) is 5.92 Å². The maximum atomic E-state index is 12.8. The Morgan fingerprint density at radius 3 is 2.65 bits per heavy atom. The van der Waals surface area contributed by atoms with E-state index in [1.807, 2.05) is 12.1 Å². The third-order valence-electron chi connectivity index (χ3n) is 6.19. The first-order valence-corrected chi connectivity index (χ1v) is 9.94. The Hall–Kier alpha value is -1.88. The number of nitrogens with zero attached hydrogens (tertiary/aromatic N) is 1. The van der Waals surface area contributed by atoms with Gasteiger partial charge in [-0.3, -0.25) is 14.5 Å². The molecule has 0 spiro atoms. The smallest absolute Gasteiger partial charge is 0.317 e. The number of rotatable bonds is 7. The molecule has 2 fully saturated rings. The molecule has 3 aliphatic rings. The number of aliphatic carboxylic acids is 1. The predicted octanol–water partition coefficient (Wildman–Crippen LogP) is 2.55. The Morgan fingerprint density at radius 2 is 1.92 bits per heavy atom. The summed E-state index contributed by atoms with van der Waals surface area (Å²) in [5.41, 5.74) is 2.50. The van der Waals surface area contributed by atoms with Gasteiger partial charge in [0.1, 0.15) is 0 Å². The highest BCUT2D eigenvalue weighted by Crippen LogP contribution is 2.35. The number of hydrogen-bond acceptors (Lipinski definition) is 3. The van der Waals surface area contributed by atoms with Gasteiger partial charge >= 0.3 is 5.97 Å². The molecule has 0 aliphatic heterocycles. The maximum absolute atomic E-state index is 12.8. The normalized spacial score (nSPS) is 27.5. The zero-order valence-corrected chi connectivity index (χ0v) is 15.2. The molecule has 1 unspecified atom stereocenters. The van der Waals surface area contributed by atoms with Gasteiger partial charge in [-0.15, -0.1) is 0 Å². The van der Waals surface area contributed by atoms with E-state index in [0.717, 1.165) is 38.6 Å². The summed E-state index contributed by atoms with van der Waals surface area (Å²) in [6, 6.07) is 8.79. The van der Waals surface area contributed by atoms with Crippen LogP contribution in [-0.2, 0) is 16.0 Å². The fraction of sp³-hybridized carbons (Fsp3) is 0.619. The molecule has 3 aliphatic carbocycles. The van der Waals surface area contributed by atoms with Crippen molar-refractivity contribution in [2.24, 2.45) is 5.92 Å². The molecule has 1 aromatic carbocycles. The highest BCUT2D eigenvalue weighted by molar-refractivity contribution is 5.84. The van der Waals surface area contributed by atoms with Crippen LogP contribution in [0.5, 0.6) is 0 Å². The molecular formula is C21H28N2O3. The first kappa shape index (κ1) is 17.5. The van der Waals surface area contributed by atoms with Gasteiger partial charge in [0.15, 0.2) is 0 Å². The average molecular weight is 356 g/mol. The molecule has 0 radical (unpaired) electrons.